The first-order chi connectivity index (χ1) is 13.5. The summed E-state index contributed by atoms with van der Waals surface area (Å²) in [6.45, 7) is 5.12. The number of benzene rings is 1. The van der Waals surface area contributed by atoms with Gasteiger partial charge in [0.15, 0.2) is 0 Å². The molecule has 2 atom stereocenters. The van der Waals surface area contributed by atoms with Crippen molar-refractivity contribution in [1.29, 1.82) is 0 Å². The Morgan fingerprint density at radius 3 is 3.04 bits per heavy atom. The number of hydrogen-bond donors (Lipinski definition) is 1. The average molecular weight is 398 g/mol. The largest absolute Gasteiger partial charge is 0.497 e. The van der Waals surface area contributed by atoms with Crippen molar-refractivity contribution in [2.75, 3.05) is 14.2 Å². The van der Waals surface area contributed by atoms with E-state index < -0.39 is 0 Å². The molecule has 28 heavy (non-hydrogen) atoms. The molecule has 1 N–H and O–H groups in total. The minimum Gasteiger partial charge on any atom is -0.497 e. The Balaban J connectivity index is 1.62. The van der Waals surface area contributed by atoms with Crippen LogP contribution in [0.2, 0.25) is 0 Å². The third-order valence-corrected chi connectivity index (χ3v) is 6.95. The van der Waals surface area contributed by atoms with Crippen LogP contribution >= 0.6 is 11.3 Å². The Bertz CT molecular complexity index is 1060. The van der Waals surface area contributed by atoms with Crippen LogP contribution in [0, 0.1) is 5.92 Å². The standard InChI is InChI=1S/C22H27N3O2S/c1-13-8-9-17-18(10-13)28-22-19(17)21(26)23-20(24-22)14(2)25(3)12-15-6-5-7-16(11-15)27-4/h5-7,11,13-14H,8-10,12H2,1-4H3,(H,23,24,26). The Labute approximate surface area is 169 Å². The maximum Gasteiger partial charge on any atom is 0.259 e. The number of aromatic nitrogens is 2. The van der Waals surface area contributed by atoms with Crippen LogP contribution in [0.25, 0.3) is 10.2 Å². The molecule has 0 aliphatic heterocycles. The summed E-state index contributed by atoms with van der Waals surface area (Å²) < 4.78 is 5.32. The quantitative estimate of drug-likeness (QED) is 0.697. The maximum absolute atomic E-state index is 12.9. The monoisotopic (exact) mass is 397 g/mol. The normalized spacial score (nSPS) is 17.7. The second-order valence-electron chi connectivity index (χ2n) is 7.93. The lowest BCUT2D eigenvalue weighted by Crippen LogP contribution is -2.26. The summed E-state index contributed by atoms with van der Waals surface area (Å²) in [6.07, 6.45) is 3.21. The Hall–Kier alpha value is -2.18. The zero-order valence-corrected chi connectivity index (χ0v) is 17.7. The Kier molecular flexibility index (Phi) is 5.25. The highest BCUT2D eigenvalue weighted by atomic mass is 32.1. The van der Waals surface area contributed by atoms with Crippen LogP contribution in [0.5, 0.6) is 5.75 Å². The van der Waals surface area contributed by atoms with Gasteiger partial charge in [-0.3, -0.25) is 9.69 Å². The van der Waals surface area contributed by atoms with Crippen molar-refractivity contribution in [1.82, 2.24) is 14.9 Å². The molecular formula is C22H27N3O2S. The van der Waals surface area contributed by atoms with Gasteiger partial charge < -0.3 is 9.72 Å². The lowest BCUT2D eigenvalue weighted by molar-refractivity contribution is 0.243. The molecule has 0 bridgehead atoms. The highest BCUT2D eigenvalue weighted by molar-refractivity contribution is 7.18. The van der Waals surface area contributed by atoms with Gasteiger partial charge >= 0.3 is 0 Å². The summed E-state index contributed by atoms with van der Waals surface area (Å²) in [5, 5.41) is 0.818. The molecule has 4 rings (SSSR count). The highest BCUT2D eigenvalue weighted by Crippen LogP contribution is 2.36. The van der Waals surface area contributed by atoms with Gasteiger partial charge in [-0.25, -0.2) is 4.98 Å². The summed E-state index contributed by atoms with van der Waals surface area (Å²) in [5.74, 6) is 2.27. The number of nitrogens with one attached hydrogen (secondary N) is 1. The molecule has 2 unspecified atom stereocenters. The molecule has 1 aliphatic carbocycles. The van der Waals surface area contributed by atoms with Crippen LogP contribution in [-0.4, -0.2) is 29.0 Å². The number of H-pyrrole nitrogens is 1. The van der Waals surface area contributed by atoms with E-state index in [0.29, 0.717) is 5.92 Å². The molecule has 1 aliphatic rings. The number of thiophene rings is 1. The summed E-state index contributed by atoms with van der Waals surface area (Å²) >= 11 is 1.70. The third kappa shape index (κ3) is 3.59. The molecular weight excluding hydrogens is 370 g/mol. The first kappa shape index (κ1) is 19.2. The summed E-state index contributed by atoms with van der Waals surface area (Å²) in [7, 11) is 3.73. The van der Waals surface area contributed by atoms with Crippen LogP contribution in [0.1, 0.15) is 48.1 Å². The number of aromatic amines is 1. The van der Waals surface area contributed by atoms with Crippen molar-refractivity contribution in [3.63, 3.8) is 0 Å². The van der Waals surface area contributed by atoms with Crippen LogP contribution in [0.4, 0.5) is 0 Å². The molecule has 0 saturated carbocycles. The number of rotatable bonds is 5. The third-order valence-electron chi connectivity index (χ3n) is 5.81. The van der Waals surface area contributed by atoms with Crippen molar-refractivity contribution < 1.29 is 4.74 Å². The van der Waals surface area contributed by atoms with Crippen molar-refractivity contribution in [3.05, 3.63) is 56.4 Å². The minimum absolute atomic E-state index is 0.00125. The molecule has 3 aromatic rings. The van der Waals surface area contributed by atoms with Gasteiger partial charge in [0, 0.05) is 11.4 Å². The van der Waals surface area contributed by atoms with Crippen LogP contribution in [0.3, 0.4) is 0 Å². The molecule has 5 nitrogen and oxygen atoms in total. The predicted molar refractivity (Wildman–Crippen MR) is 114 cm³/mol. The van der Waals surface area contributed by atoms with E-state index in [1.807, 2.05) is 18.2 Å². The van der Waals surface area contributed by atoms with Crippen molar-refractivity contribution >= 4 is 21.6 Å². The molecule has 148 valence electrons. The topological polar surface area (TPSA) is 58.2 Å². The fourth-order valence-corrected chi connectivity index (χ4v) is 5.36. The lowest BCUT2D eigenvalue weighted by atomic mass is 9.89. The van der Waals surface area contributed by atoms with Crippen LogP contribution in [0.15, 0.2) is 29.1 Å². The number of nitrogens with zero attached hydrogens (tertiary/aromatic N) is 2. The predicted octanol–water partition coefficient (Wildman–Crippen LogP) is 4.31. The van der Waals surface area contributed by atoms with E-state index >= 15 is 0 Å². The van der Waals surface area contributed by atoms with Gasteiger partial charge in [-0.15, -0.1) is 11.3 Å². The lowest BCUT2D eigenvalue weighted by Gasteiger charge is -2.24. The van der Waals surface area contributed by atoms with E-state index in [2.05, 4.69) is 36.8 Å². The molecule has 2 heterocycles. The second-order valence-corrected chi connectivity index (χ2v) is 9.01. The van der Waals surface area contributed by atoms with E-state index in [-0.39, 0.29) is 11.6 Å². The summed E-state index contributed by atoms with van der Waals surface area (Å²) in [5.41, 5.74) is 2.40. The molecule has 0 fully saturated rings. The molecule has 0 radical (unpaired) electrons. The van der Waals surface area contributed by atoms with E-state index in [1.54, 1.807) is 18.4 Å². The first-order valence-corrected chi connectivity index (χ1v) is 10.7. The van der Waals surface area contributed by atoms with Crippen molar-refractivity contribution in [2.24, 2.45) is 5.92 Å². The summed E-state index contributed by atoms with van der Waals surface area (Å²) in [4.78, 5) is 25.2. The number of aryl methyl sites for hydroxylation is 1. The zero-order chi connectivity index (χ0) is 19.8. The van der Waals surface area contributed by atoms with Crippen LogP contribution in [-0.2, 0) is 19.4 Å². The Morgan fingerprint density at radius 1 is 1.43 bits per heavy atom. The molecule has 0 saturated heterocycles. The molecule has 0 amide bonds. The number of methoxy groups -OCH3 is 1. The second kappa shape index (κ2) is 7.68. The van der Waals surface area contributed by atoms with Gasteiger partial charge in [0.1, 0.15) is 16.4 Å². The van der Waals surface area contributed by atoms with Crippen molar-refractivity contribution in [3.8, 4) is 5.75 Å². The smallest absolute Gasteiger partial charge is 0.259 e. The van der Waals surface area contributed by atoms with Crippen molar-refractivity contribution in [2.45, 2.75) is 45.7 Å². The maximum atomic E-state index is 12.9. The van der Waals surface area contributed by atoms with Crippen LogP contribution < -0.4 is 10.3 Å². The average Bonchev–Trinajstić information content (AvgIpc) is 3.05. The van der Waals surface area contributed by atoms with E-state index in [0.717, 1.165) is 53.2 Å². The van der Waals surface area contributed by atoms with Gasteiger partial charge in [0.2, 0.25) is 0 Å². The number of ether oxygens (including phenoxy) is 1. The minimum atomic E-state index is 0.00125. The fourth-order valence-electron chi connectivity index (χ4n) is 3.97. The Morgan fingerprint density at radius 2 is 2.25 bits per heavy atom. The van der Waals surface area contributed by atoms with Gasteiger partial charge in [-0.1, -0.05) is 19.1 Å². The van der Waals surface area contributed by atoms with E-state index in [4.69, 9.17) is 9.72 Å². The fraction of sp³-hybridized carbons (Fsp3) is 0.455. The summed E-state index contributed by atoms with van der Waals surface area (Å²) in [6, 6.07) is 8.06. The highest BCUT2D eigenvalue weighted by Gasteiger charge is 2.24. The molecule has 2 aromatic heterocycles. The van der Waals surface area contributed by atoms with Gasteiger partial charge in [0.25, 0.3) is 5.56 Å². The van der Waals surface area contributed by atoms with Gasteiger partial charge in [-0.2, -0.15) is 0 Å². The molecule has 0 spiro atoms. The van der Waals surface area contributed by atoms with E-state index in [1.165, 1.54) is 10.4 Å². The van der Waals surface area contributed by atoms with Gasteiger partial charge in [0.05, 0.1) is 18.5 Å². The first-order valence-electron chi connectivity index (χ1n) is 9.84. The molecule has 1 aromatic carbocycles. The molecule has 6 heteroatoms. The number of fused-ring (bicyclic) bond motifs is 3. The zero-order valence-electron chi connectivity index (χ0n) is 16.9. The SMILES string of the molecule is COc1cccc(CN(C)C(C)c2nc3sc4c(c3c(=O)[nH]2)CCC(C)C4)c1. The number of hydrogen-bond acceptors (Lipinski definition) is 5. The van der Waals surface area contributed by atoms with Gasteiger partial charge in [-0.05, 0) is 62.4 Å². The van der Waals surface area contributed by atoms with E-state index in [9.17, 15) is 4.79 Å².